The number of aromatic nitrogens is 4. The molecule has 4 aromatic rings. The molecule has 1 N–H and O–H groups in total. The molecule has 0 aliphatic heterocycles. The number of rotatable bonds is 6. The molecule has 0 radical (unpaired) electrons. The highest BCUT2D eigenvalue weighted by Gasteiger charge is 2.14. The van der Waals surface area contributed by atoms with Crippen molar-refractivity contribution < 1.29 is 4.79 Å². The van der Waals surface area contributed by atoms with Gasteiger partial charge in [-0.05, 0) is 56.2 Å². The normalized spacial score (nSPS) is 11.0. The van der Waals surface area contributed by atoms with Crippen LogP contribution in [0.1, 0.15) is 23.4 Å². The van der Waals surface area contributed by atoms with Crippen LogP contribution in [-0.4, -0.2) is 25.5 Å². The number of fused-ring (bicyclic) bond motifs is 1. The largest absolute Gasteiger partial charge is 0.325 e. The van der Waals surface area contributed by atoms with Crippen molar-refractivity contribution in [1.29, 1.82) is 0 Å². The van der Waals surface area contributed by atoms with E-state index in [0.717, 1.165) is 26.7 Å². The van der Waals surface area contributed by atoms with E-state index in [1.54, 1.807) is 22.3 Å². The van der Waals surface area contributed by atoms with E-state index in [4.69, 9.17) is 11.6 Å². The van der Waals surface area contributed by atoms with Gasteiger partial charge in [0.1, 0.15) is 6.33 Å². The fraction of sp³-hybridized carbons (Fsp3) is 0.182. The lowest BCUT2D eigenvalue weighted by molar-refractivity contribution is -0.116. The molecule has 0 aliphatic carbocycles. The van der Waals surface area contributed by atoms with Crippen molar-refractivity contribution in [3.05, 3.63) is 76.8 Å². The summed E-state index contributed by atoms with van der Waals surface area (Å²) in [6.07, 6.45) is 2.37. The number of halogens is 1. The summed E-state index contributed by atoms with van der Waals surface area (Å²) < 4.78 is 1.70. The predicted molar refractivity (Wildman–Crippen MR) is 119 cm³/mol. The summed E-state index contributed by atoms with van der Waals surface area (Å²) in [4.78, 5) is 23.4. The molecule has 2 heterocycles. The van der Waals surface area contributed by atoms with Crippen LogP contribution in [0.5, 0.6) is 0 Å². The van der Waals surface area contributed by atoms with Crippen LogP contribution in [0.4, 0.5) is 5.69 Å². The van der Waals surface area contributed by atoms with Gasteiger partial charge >= 0.3 is 0 Å². The van der Waals surface area contributed by atoms with Gasteiger partial charge in [-0.2, -0.15) is 10.1 Å². The summed E-state index contributed by atoms with van der Waals surface area (Å²) in [6, 6.07) is 15.5. The molecule has 0 saturated heterocycles. The summed E-state index contributed by atoms with van der Waals surface area (Å²) in [7, 11) is 0. The molecule has 1 amide bonds. The molecular weight excluding hydrogens is 418 g/mol. The minimum absolute atomic E-state index is 0.0790. The van der Waals surface area contributed by atoms with E-state index in [0.29, 0.717) is 29.3 Å². The molecule has 0 atom stereocenters. The van der Waals surface area contributed by atoms with Crippen molar-refractivity contribution in [3.63, 3.8) is 0 Å². The lowest BCUT2D eigenvalue weighted by Crippen LogP contribution is -2.15. The first-order valence-electron chi connectivity index (χ1n) is 9.49. The third-order valence-corrected chi connectivity index (χ3v) is 6.10. The highest BCUT2D eigenvalue weighted by atomic mass is 35.5. The van der Waals surface area contributed by atoms with E-state index in [2.05, 4.69) is 20.4 Å². The SMILES string of the molecule is Cc1nc2ncnn2c(C)c1CCC(=O)Nc1cc(Cl)ccc1Sc1ccccc1. The topological polar surface area (TPSA) is 72.2 Å². The Bertz CT molecular complexity index is 1210. The molecule has 4 rings (SSSR count). The van der Waals surface area contributed by atoms with Gasteiger partial charge in [0.25, 0.3) is 5.78 Å². The van der Waals surface area contributed by atoms with Crippen LogP contribution in [0.3, 0.4) is 0 Å². The van der Waals surface area contributed by atoms with Crippen molar-refractivity contribution in [3.8, 4) is 0 Å². The summed E-state index contributed by atoms with van der Waals surface area (Å²) in [6.45, 7) is 3.90. The molecule has 2 aromatic carbocycles. The number of carbonyl (C=O) groups is 1. The second-order valence-corrected chi connectivity index (χ2v) is 8.39. The molecule has 2 aromatic heterocycles. The van der Waals surface area contributed by atoms with Gasteiger partial charge in [0.05, 0.1) is 5.69 Å². The Morgan fingerprint density at radius 2 is 1.97 bits per heavy atom. The van der Waals surface area contributed by atoms with Gasteiger partial charge in [0.2, 0.25) is 5.91 Å². The number of benzene rings is 2. The summed E-state index contributed by atoms with van der Waals surface area (Å²) in [5, 5.41) is 7.79. The Hall–Kier alpha value is -2.90. The van der Waals surface area contributed by atoms with Crippen molar-refractivity contribution in [2.45, 2.75) is 36.5 Å². The minimum atomic E-state index is -0.0790. The average molecular weight is 438 g/mol. The zero-order valence-electron chi connectivity index (χ0n) is 16.6. The van der Waals surface area contributed by atoms with Crippen molar-refractivity contribution >= 4 is 40.7 Å². The maximum atomic E-state index is 12.7. The van der Waals surface area contributed by atoms with Gasteiger partial charge in [0, 0.05) is 32.6 Å². The smallest absolute Gasteiger partial charge is 0.252 e. The predicted octanol–water partition coefficient (Wildman–Crippen LogP) is 5.12. The second kappa shape index (κ2) is 8.85. The molecule has 8 heteroatoms. The summed E-state index contributed by atoms with van der Waals surface area (Å²) >= 11 is 7.76. The number of carbonyl (C=O) groups excluding carboxylic acids is 1. The molecule has 152 valence electrons. The number of nitrogens with zero attached hydrogens (tertiary/aromatic N) is 4. The first kappa shape index (κ1) is 20.4. The van der Waals surface area contributed by atoms with Gasteiger partial charge in [-0.15, -0.1) is 0 Å². The zero-order chi connectivity index (χ0) is 21.1. The van der Waals surface area contributed by atoms with Gasteiger partial charge in [-0.25, -0.2) is 9.50 Å². The average Bonchev–Trinajstić information content (AvgIpc) is 3.19. The van der Waals surface area contributed by atoms with Crippen molar-refractivity contribution in [1.82, 2.24) is 19.6 Å². The molecule has 0 spiro atoms. The van der Waals surface area contributed by atoms with E-state index in [1.807, 2.05) is 56.3 Å². The molecule has 0 fully saturated rings. The van der Waals surface area contributed by atoms with Gasteiger partial charge in [0.15, 0.2) is 0 Å². The lowest BCUT2D eigenvalue weighted by atomic mass is 10.1. The van der Waals surface area contributed by atoms with E-state index in [-0.39, 0.29) is 5.91 Å². The first-order chi connectivity index (χ1) is 14.5. The third-order valence-electron chi connectivity index (χ3n) is 4.78. The van der Waals surface area contributed by atoms with Crippen molar-refractivity contribution in [2.75, 3.05) is 5.32 Å². The maximum Gasteiger partial charge on any atom is 0.252 e. The van der Waals surface area contributed by atoms with Gasteiger partial charge in [-0.3, -0.25) is 4.79 Å². The second-order valence-electron chi connectivity index (χ2n) is 6.84. The van der Waals surface area contributed by atoms with Crippen molar-refractivity contribution in [2.24, 2.45) is 0 Å². The maximum absolute atomic E-state index is 12.7. The molecule has 0 bridgehead atoms. The third kappa shape index (κ3) is 4.47. The van der Waals surface area contributed by atoms with E-state index >= 15 is 0 Å². The minimum Gasteiger partial charge on any atom is -0.325 e. The monoisotopic (exact) mass is 437 g/mol. The zero-order valence-corrected chi connectivity index (χ0v) is 18.2. The number of amides is 1. The Labute approximate surface area is 183 Å². The fourth-order valence-electron chi connectivity index (χ4n) is 3.27. The highest BCUT2D eigenvalue weighted by Crippen LogP contribution is 2.35. The van der Waals surface area contributed by atoms with Crippen LogP contribution in [0.2, 0.25) is 5.02 Å². The molecular formula is C22H20ClN5OS. The molecule has 0 unspecified atom stereocenters. The Kier molecular flexibility index (Phi) is 6.01. The summed E-state index contributed by atoms with van der Waals surface area (Å²) in [5.74, 6) is 0.490. The van der Waals surface area contributed by atoms with Gasteiger partial charge < -0.3 is 5.32 Å². The fourth-order valence-corrected chi connectivity index (χ4v) is 4.35. The number of nitrogens with one attached hydrogen (secondary N) is 1. The number of hydrogen-bond donors (Lipinski definition) is 1. The van der Waals surface area contributed by atoms with E-state index in [1.165, 1.54) is 6.33 Å². The number of anilines is 1. The van der Waals surface area contributed by atoms with Crippen LogP contribution in [0.25, 0.3) is 5.78 Å². The van der Waals surface area contributed by atoms with Crippen LogP contribution in [-0.2, 0) is 11.2 Å². The molecule has 0 saturated carbocycles. The molecule has 6 nitrogen and oxygen atoms in total. The summed E-state index contributed by atoms with van der Waals surface area (Å²) in [5.41, 5.74) is 3.53. The Morgan fingerprint density at radius 1 is 1.17 bits per heavy atom. The standard InChI is InChI=1S/C22H20ClN5OS/c1-14-18(15(2)28-22(26-14)24-13-25-28)9-11-21(29)27-19-12-16(23)8-10-20(19)30-17-6-4-3-5-7-17/h3-8,10,12-13H,9,11H2,1-2H3,(H,27,29). The highest BCUT2D eigenvalue weighted by molar-refractivity contribution is 7.99. The number of hydrogen-bond acceptors (Lipinski definition) is 5. The Balaban J connectivity index is 1.49. The molecule has 0 aliphatic rings. The van der Waals surface area contributed by atoms with Crippen LogP contribution >= 0.6 is 23.4 Å². The van der Waals surface area contributed by atoms with Crippen LogP contribution in [0, 0.1) is 13.8 Å². The van der Waals surface area contributed by atoms with Crippen LogP contribution in [0.15, 0.2) is 64.6 Å². The molecule has 30 heavy (non-hydrogen) atoms. The van der Waals surface area contributed by atoms with Gasteiger partial charge in [-0.1, -0.05) is 41.6 Å². The van der Waals surface area contributed by atoms with E-state index in [9.17, 15) is 4.79 Å². The quantitative estimate of drug-likeness (QED) is 0.453. The van der Waals surface area contributed by atoms with E-state index < -0.39 is 0 Å². The van der Waals surface area contributed by atoms with Crippen LogP contribution < -0.4 is 5.32 Å². The Morgan fingerprint density at radius 3 is 2.77 bits per heavy atom. The lowest BCUT2D eigenvalue weighted by Gasteiger charge is -2.13. The first-order valence-corrected chi connectivity index (χ1v) is 10.7. The number of aryl methyl sites for hydroxylation is 2.